The number of nitrogens with one attached hydrogen (secondary N) is 1. The molecule has 2 aliphatic rings. The Bertz CT molecular complexity index is 447. The van der Waals surface area contributed by atoms with Crippen molar-refractivity contribution in [1.29, 1.82) is 0 Å². The minimum atomic E-state index is 0.416. The number of fused-ring (bicyclic) bond motifs is 1. The molecule has 3 rings (SSSR count). The van der Waals surface area contributed by atoms with Crippen molar-refractivity contribution < 1.29 is 4.74 Å². The smallest absolute Gasteiger partial charge is 0.161 e. The van der Waals surface area contributed by atoms with Crippen molar-refractivity contribution in [1.82, 2.24) is 15.1 Å². The summed E-state index contributed by atoms with van der Waals surface area (Å²) in [6.07, 6.45) is 7.25. The monoisotopic (exact) mass is 277 g/mol. The zero-order valence-corrected chi connectivity index (χ0v) is 12.9. The zero-order chi connectivity index (χ0) is 14.1. The molecule has 3 unspecified atom stereocenters. The normalized spacial score (nSPS) is 29.2. The van der Waals surface area contributed by atoms with Gasteiger partial charge in [-0.15, -0.1) is 0 Å². The van der Waals surface area contributed by atoms with Crippen LogP contribution in [-0.2, 0) is 6.54 Å². The fourth-order valence-electron chi connectivity index (χ4n) is 4.25. The molecule has 0 aromatic carbocycles. The molecule has 0 amide bonds. The van der Waals surface area contributed by atoms with E-state index in [1.807, 2.05) is 6.20 Å². The summed E-state index contributed by atoms with van der Waals surface area (Å²) in [7, 11) is 1.76. The molecule has 3 atom stereocenters. The van der Waals surface area contributed by atoms with E-state index in [0.717, 1.165) is 43.0 Å². The highest BCUT2D eigenvalue weighted by Crippen LogP contribution is 2.62. The fraction of sp³-hybridized carbons (Fsp3) is 0.812. The van der Waals surface area contributed by atoms with Gasteiger partial charge < -0.3 is 10.1 Å². The predicted molar refractivity (Wildman–Crippen MR) is 79.8 cm³/mol. The van der Waals surface area contributed by atoms with Gasteiger partial charge in [0.15, 0.2) is 5.75 Å². The number of nitrogens with zero attached hydrogens (tertiary/aromatic N) is 2. The third kappa shape index (κ3) is 2.24. The fourth-order valence-corrected chi connectivity index (χ4v) is 4.25. The zero-order valence-electron chi connectivity index (χ0n) is 12.9. The number of methoxy groups -OCH3 is 1. The lowest BCUT2D eigenvalue weighted by Gasteiger charge is -2.22. The molecule has 0 radical (unpaired) electrons. The van der Waals surface area contributed by atoms with Gasteiger partial charge in [-0.3, -0.25) is 4.68 Å². The minimum absolute atomic E-state index is 0.416. The highest BCUT2D eigenvalue weighted by Gasteiger charge is 2.56. The van der Waals surface area contributed by atoms with Crippen molar-refractivity contribution in [2.75, 3.05) is 13.7 Å². The van der Waals surface area contributed by atoms with Gasteiger partial charge in [-0.2, -0.15) is 5.10 Å². The Morgan fingerprint density at radius 3 is 2.75 bits per heavy atom. The molecule has 1 heterocycles. The first-order chi connectivity index (χ1) is 9.81. The lowest BCUT2D eigenvalue weighted by molar-refractivity contribution is 0.360. The molecule has 112 valence electrons. The van der Waals surface area contributed by atoms with Crippen molar-refractivity contribution in [2.24, 2.45) is 17.8 Å². The van der Waals surface area contributed by atoms with Crippen molar-refractivity contribution in [3.63, 3.8) is 0 Å². The van der Waals surface area contributed by atoms with Crippen molar-refractivity contribution in [3.05, 3.63) is 11.9 Å². The summed E-state index contributed by atoms with van der Waals surface area (Å²) in [5, 5.41) is 8.24. The summed E-state index contributed by atoms with van der Waals surface area (Å²) < 4.78 is 7.73. The van der Waals surface area contributed by atoms with Crippen molar-refractivity contribution >= 4 is 0 Å². The molecule has 0 spiro atoms. The Labute approximate surface area is 121 Å². The number of hydrogen-bond acceptors (Lipinski definition) is 3. The van der Waals surface area contributed by atoms with E-state index in [-0.39, 0.29) is 0 Å². The minimum Gasteiger partial charge on any atom is -0.493 e. The van der Waals surface area contributed by atoms with Gasteiger partial charge in [-0.1, -0.05) is 20.3 Å². The highest BCUT2D eigenvalue weighted by atomic mass is 16.5. The maximum absolute atomic E-state index is 5.58. The molecule has 0 aliphatic heterocycles. The maximum atomic E-state index is 5.58. The molecular weight excluding hydrogens is 250 g/mol. The van der Waals surface area contributed by atoms with Crippen LogP contribution < -0.4 is 10.1 Å². The van der Waals surface area contributed by atoms with E-state index in [1.165, 1.54) is 25.0 Å². The van der Waals surface area contributed by atoms with Crippen LogP contribution in [0.2, 0.25) is 0 Å². The van der Waals surface area contributed by atoms with Crippen LogP contribution in [0.5, 0.6) is 5.75 Å². The number of aromatic nitrogens is 2. The molecule has 1 N–H and O–H groups in total. The Kier molecular flexibility index (Phi) is 4.01. The van der Waals surface area contributed by atoms with E-state index in [9.17, 15) is 0 Å². The molecule has 1 aromatic heterocycles. The first-order valence-corrected chi connectivity index (χ1v) is 8.14. The van der Waals surface area contributed by atoms with Crippen LogP contribution in [0, 0.1) is 17.8 Å². The van der Waals surface area contributed by atoms with Crippen molar-refractivity contribution in [2.45, 2.75) is 52.1 Å². The molecule has 4 heteroatoms. The van der Waals surface area contributed by atoms with Gasteiger partial charge in [-0.05, 0) is 43.6 Å². The molecule has 0 bridgehead atoms. The van der Waals surface area contributed by atoms with Crippen LogP contribution in [0.15, 0.2) is 6.20 Å². The average molecular weight is 277 g/mol. The van der Waals surface area contributed by atoms with Crippen LogP contribution >= 0.6 is 0 Å². The molecule has 4 nitrogen and oxygen atoms in total. The predicted octanol–water partition coefficient (Wildman–Crippen LogP) is 3.00. The quantitative estimate of drug-likeness (QED) is 0.832. The second-order valence-electron chi connectivity index (χ2n) is 6.19. The van der Waals surface area contributed by atoms with Crippen LogP contribution in [0.25, 0.3) is 0 Å². The molecule has 0 saturated heterocycles. The van der Waals surface area contributed by atoms with Gasteiger partial charge in [-0.25, -0.2) is 0 Å². The maximum Gasteiger partial charge on any atom is 0.161 e. The van der Waals surface area contributed by atoms with E-state index >= 15 is 0 Å². The summed E-state index contributed by atoms with van der Waals surface area (Å²) in [6, 6.07) is 0.416. The summed E-state index contributed by atoms with van der Waals surface area (Å²) in [4.78, 5) is 0. The Balaban J connectivity index is 1.88. The van der Waals surface area contributed by atoms with E-state index in [1.54, 1.807) is 7.11 Å². The van der Waals surface area contributed by atoms with E-state index in [4.69, 9.17) is 4.74 Å². The van der Waals surface area contributed by atoms with Crippen LogP contribution in [0.3, 0.4) is 0 Å². The molecule has 1 aromatic rings. The van der Waals surface area contributed by atoms with Gasteiger partial charge >= 0.3 is 0 Å². The lowest BCUT2D eigenvalue weighted by Crippen LogP contribution is -2.27. The third-order valence-electron chi connectivity index (χ3n) is 5.08. The van der Waals surface area contributed by atoms with E-state index in [0.29, 0.717) is 6.04 Å². The molecule has 2 aliphatic carbocycles. The van der Waals surface area contributed by atoms with Gasteiger partial charge in [0.1, 0.15) is 0 Å². The Hall–Kier alpha value is -1.03. The van der Waals surface area contributed by atoms with E-state index < -0.39 is 0 Å². The largest absolute Gasteiger partial charge is 0.493 e. The number of hydrogen-bond donors (Lipinski definition) is 1. The molecule has 2 saturated carbocycles. The second-order valence-corrected chi connectivity index (χ2v) is 6.19. The van der Waals surface area contributed by atoms with Crippen molar-refractivity contribution in [3.8, 4) is 5.75 Å². The number of ether oxygens (including phenoxy) is 1. The topological polar surface area (TPSA) is 39.1 Å². The summed E-state index contributed by atoms with van der Waals surface area (Å²) >= 11 is 0. The number of rotatable bonds is 7. The van der Waals surface area contributed by atoms with Gasteiger partial charge in [0, 0.05) is 6.54 Å². The first kappa shape index (κ1) is 13.9. The molecule has 2 fully saturated rings. The summed E-state index contributed by atoms with van der Waals surface area (Å²) in [5.41, 5.74) is 1.27. The van der Waals surface area contributed by atoms with Gasteiger partial charge in [0.25, 0.3) is 0 Å². The first-order valence-electron chi connectivity index (χ1n) is 8.14. The van der Waals surface area contributed by atoms with Crippen LogP contribution in [0.1, 0.15) is 51.3 Å². The van der Waals surface area contributed by atoms with Gasteiger partial charge in [0.05, 0.1) is 25.0 Å². The Morgan fingerprint density at radius 2 is 2.15 bits per heavy atom. The van der Waals surface area contributed by atoms with Gasteiger partial charge in [0.2, 0.25) is 0 Å². The third-order valence-corrected chi connectivity index (χ3v) is 5.08. The molecular formula is C16H27N3O. The highest BCUT2D eigenvalue weighted by molar-refractivity contribution is 5.31. The summed E-state index contributed by atoms with van der Waals surface area (Å²) in [6.45, 7) is 6.37. The second kappa shape index (κ2) is 5.76. The Morgan fingerprint density at radius 1 is 1.40 bits per heavy atom. The average Bonchev–Trinajstić information content (AvgIpc) is 2.82. The summed E-state index contributed by atoms with van der Waals surface area (Å²) in [5.74, 6) is 3.63. The number of aryl methyl sites for hydroxylation is 1. The standard InChI is InChI=1S/C16H27N3O/c1-4-9-19-16(13(20-3)10-18-19)15(17-5-2)14-11-7-6-8-12(11)14/h10-12,14-15,17H,4-9H2,1-3H3. The van der Waals surface area contributed by atoms with Crippen LogP contribution in [-0.4, -0.2) is 23.4 Å². The van der Waals surface area contributed by atoms with E-state index in [2.05, 4.69) is 28.9 Å². The SMILES string of the molecule is CCCn1ncc(OC)c1C(NCC)C1C2CCCC21. The molecule has 20 heavy (non-hydrogen) atoms. The lowest BCUT2D eigenvalue weighted by atomic mass is 10.0. The van der Waals surface area contributed by atoms with Crippen LogP contribution in [0.4, 0.5) is 0 Å².